The van der Waals surface area contributed by atoms with Gasteiger partial charge in [0.2, 0.25) is 0 Å². The Hall–Kier alpha value is -0.520. The largest absolute Gasteiger partial charge is 0.347 e. The fraction of sp³-hybridized carbons (Fsp3) is 0.818. The van der Waals surface area contributed by atoms with Gasteiger partial charge in [0.05, 0.1) is 13.2 Å². The third-order valence-electron chi connectivity index (χ3n) is 3.00. The smallest absolute Gasteiger partial charge is 0.172 e. The van der Waals surface area contributed by atoms with E-state index in [4.69, 9.17) is 9.47 Å². The van der Waals surface area contributed by atoms with E-state index in [1.54, 1.807) is 0 Å². The molecule has 72 valence electrons. The third kappa shape index (κ3) is 1.59. The van der Waals surface area contributed by atoms with E-state index in [0.29, 0.717) is 5.92 Å². The van der Waals surface area contributed by atoms with Gasteiger partial charge in [0, 0.05) is 18.8 Å². The van der Waals surface area contributed by atoms with Crippen LogP contribution in [0.5, 0.6) is 0 Å². The Morgan fingerprint density at radius 1 is 1.38 bits per heavy atom. The second-order valence-electron chi connectivity index (χ2n) is 3.73. The molecule has 2 rings (SSSR count). The number of rotatable bonds is 1. The van der Waals surface area contributed by atoms with Gasteiger partial charge in [-0.05, 0) is 19.8 Å². The standard InChI is InChI=1S/C11H16O2/c1-2-3-5-10-6-4-7-11(10)12-8-9-13-11/h10H,4-9H2,1H3. The van der Waals surface area contributed by atoms with Crippen molar-refractivity contribution in [2.75, 3.05) is 13.2 Å². The second kappa shape index (κ2) is 3.69. The van der Waals surface area contributed by atoms with Gasteiger partial charge in [-0.2, -0.15) is 0 Å². The molecule has 0 aromatic rings. The minimum atomic E-state index is -0.246. The van der Waals surface area contributed by atoms with Crippen molar-refractivity contribution in [2.24, 2.45) is 5.92 Å². The first-order valence-corrected chi connectivity index (χ1v) is 5.05. The predicted molar refractivity (Wildman–Crippen MR) is 50.0 cm³/mol. The fourth-order valence-corrected chi connectivity index (χ4v) is 2.35. The molecule has 1 saturated heterocycles. The quantitative estimate of drug-likeness (QED) is 0.574. The summed E-state index contributed by atoms with van der Waals surface area (Å²) < 4.78 is 11.4. The highest BCUT2D eigenvalue weighted by atomic mass is 16.7. The molecule has 0 N–H and O–H groups in total. The monoisotopic (exact) mass is 180 g/mol. The zero-order chi connectivity index (χ0) is 9.15. The summed E-state index contributed by atoms with van der Waals surface area (Å²) in [6.07, 6.45) is 4.41. The number of hydrogen-bond acceptors (Lipinski definition) is 2. The minimum Gasteiger partial charge on any atom is -0.347 e. The summed E-state index contributed by atoms with van der Waals surface area (Å²) in [6, 6.07) is 0. The summed E-state index contributed by atoms with van der Waals surface area (Å²) in [5.74, 6) is 6.33. The summed E-state index contributed by atoms with van der Waals surface area (Å²) in [5.41, 5.74) is 0. The Labute approximate surface area is 79.6 Å². The van der Waals surface area contributed by atoms with Crippen molar-refractivity contribution in [3.8, 4) is 11.8 Å². The Morgan fingerprint density at radius 2 is 2.15 bits per heavy atom. The molecule has 13 heavy (non-hydrogen) atoms. The molecule has 1 atom stereocenters. The first-order chi connectivity index (χ1) is 6.37. The van der Waals surface area contributed by atoms with Crippen LogP contribution in [0.25, 0.3) is 0 Å². The maximum Gasteiger partial charge on any atom is 0.172 e. The fourth-order valence-electron chi connectivity index (χ4n) is 2.35. The Kier molecular flexibility index (Phi) is 2.57. The van der Waals surface area contributed by atoms with Gasteiger partial charge in [-0.25, -0.2) is 0 Å². The maximum absolute atomic E-state index is 5.72. The Bertz CT molecular complexity index is 225. The van der Waals surface area contributed by atoms with E-state index in [1.807, 2.05) is 6.92 Å². The lowest BCUT2D eigenvalue weighted by atomic mass is 9.99. The molecule has 2 fully saturated rings. The van der Waals surface area contributed by atoms with Crippen molar-refractivity contribution < 1.29 is 9.47 Å². The van der Waals surface area contributed by atoms with Gasteiger partial charge < -0.3 is 9.47 Å². The van der Waals surface area contributed by atoms with Crippen molar-refractivity contribution in [2.45, 2.75) is 38.4 Å². The first kappa shape index (κ1) is 9.05. The lowest BCUT2D eigenvalue weighted by Gasteiger charge is -2.27. The topological polar surface area (TPSA) is 18.5 Å². The van der Waals surface area contributed by atoms with Crippen LogP contribution in [0.15, 0.2) is 0 Å². The molecule has 0 aromatic heterocycles. The Morgan fingerprint density at radius 3 is 2.85 bits per heavy atom. The predicted octanol–water partition coefficient (Wildman–Crippen LogP) is 1.94. The van der Waals surface area contributed by atoms with Crippen LogP contribution in [0, 0.1) is 17.8 Å². The van der Waals surface area contributed by atoms with Gasteiger partial charge in [-0.1, -0.05) is 0 Å². The van der Waals surface area contributed by atoms with Crippen LogP contribution in [-0.4, -0.2) is 19.0 Å². The molecule has 1 aliphatic heterocycles. The molecule has 2 heteroatoms. The molecule has 1 heterocycles. The van der Waals surface area contributed by atoms with E-state index < -0.39 is 0 Å². The highest BCUT2D eigenvalue weighted by Crippen LogP contribution is 2.43. The zero-order valence-corrected chi connectivity index (χ0v) is 8.14. The third-order valence-corrected chi connectivity index (χ3v) is 3.00. The second-order valence-corrected chi connectivity index (χ2v) is 3.73. The van der Waals surface area contributed by atoms with Gasteiger partial charge in [0.25, 0.3) is 0 Å². The molecule has 0 bridgehead atoms. The number of hydrogen-bond donors (Lipinski definition) is 0. The molecule has 0 amide bonds. The van der Waals surface area contributed by atoms with E-state index in [-0.39, 0.29) is 5.79 Å². The van der Waals surface area contributed by atoms with Crippen molar-refractivity contribution in [3.05, 3.63) is 0 Å². The maximum atomic E-state index is 5.72. The van der Waals surface area contributed by atoms with E-state index in [1.165, 1.54) is 12.8 Å². The lowest BCUT2D eigenvalue weighted by molar-refractivity contribution is -0.179. The zero-order valence-electron chi connectivity index (χ0n) is 8.14. The van der Waals surface area contributed by atoms with E-state index in [2.05, 4.69) is 11.8 Å². The molecule has 0 radical (unpaired) electrons. The summed E-state index contributed by atoms with van der Waals surface area (Å²) in [6.45, 7) is 3.41. The summed E-state index contributed by atoms with van der Waals surface area (Å²) in [5, 5.41) is 0. The van der Waals surface area contributed by atoms with Crippen LogP contribution in [0.2, 0.25) is 0 Å². The average molecular weight is 180 g/mol. The van der Waals surface area contributed by atoms with Crippen LogP contribution in [0.1, 0.15) is 32.6 Å². The molecule has 1 unspecified atom stereocenters. The van der Waals surface area contributed by atoms with Crippen molar-refractivity contribution in [3.63, 3.8) is 0 Å². The van der Waals surface area contributed by atoms with Gasteiger partial charge in [-0.15, -0.1) is 11.8 Å². The Balaban J connectivity index is 2.03. The highest BCUT2D eigenvalue weighted by Gasteiger charge is 2.47. The normalized spacial score (nSPS) is 30.4. The van der Waals surface area contributed by atoms with E-state index >= 15 is 0 Å². The molecule has 0 aromatic carbocycles. The van der Waals surface area contributed by atoms with E-state index in [9.17, 15) is 0 Å². The average Bonchev–Trinajstić information content (AvgIpc) is 2.75. The van der Waals surface area contributed by atoms with Crippen LogP contribution < -0.4 is 0 Å². The molecule has 1 spiro atoms. The molecule has 2 aliphatic rings. The van der Waals surface area contributed by atoms with Crippen LogP contribution in [0.3, 0.4) is 0 Å². The van der Waals surface area contributed by atoms with Gasteiger partial charge in [0.1, 0.15) is 0 Å². The molecule has 1 aliphatic carbocycles. The highest BCUT2D eigenvalue weighted by molar-refractivity contribution is 5.01. The molecular formula is C11H16O2. The van der Waals surface area contributed by atoms with Crippen LogP contribution >= 0.6 is 0 Å². The SMILES string of the molecule is CC#CCC1CCCC12OCCO2. The summed E-state index contributed by atoms with van der Waals surface area (Å²) in [7, 11) is 0. The molecule has 2 nitrogen and oxygen atoms in total. The molecule has 1 saturated carbocycles. The van der Waals surface area contributed by atoms with Gasteiger partial charge in [0.15, 0.2) is 5.79 Å². The first-order valence-electron chi connectivity index (χ1n) is 5.05. The molecular weight excluding hydrogens is 164 g/mol. The van der Waals surface area contributed by atoms with Crippen molar-refractivity contribution in [1.82, 2.24) is 0 Å². The van der Waals surface area contributed by atoms with Crippen LogP contribution in [-0.2, 0) is 9.47 Å². The number of ether oxygens (including phenoxy) is 2. The lowest BCUT2D eigenvalue weighted by Crippen LogP contribution is -2.34. The minimum absolute atomic E-state index is 0.246. The van der Waals surface area contributed by atoms with Crippen molar-refractivity contribution >= 4 is 0 Å². The summed E-state index contributed by atoms with van der Waals surface area (Å²) in [4.78, 5) is 0. The van der Waals surface area contributed by atoms with Crippen LogP contribution in [0.4, 0.5) is 0 Å². The summed E-state index contributed by atoms with van der Waals surface area (Å²) >= 11 is 0. The van der Waals surface area contributed by atoms with Gasteiger partial charge >= 0.3 is 0 Å². The van der Waals surface area contributed by atoms with Crippen molar-refractivity contribution in [1.29, 1.82) is 0 Å². The van der Waals surface area contributed by atoms with Gasteiger partial charge in [-0.3, -0.25) is 0 Å². The van der Waals surface area contributed by atoms with E-state index in [0.717, 1.165) is 26.1 Å².